The fourth-order valence-corrected chi connectivity index (χ4v) is 2.08. The molecule has 2 heteroatoms. The number of carbonyl (C=O) groups is 1. The van der Waals surface area contributed by atoms with Gasteiger partial charge in [-0.25, -0.2) is 0 Å². The highest BCUT2D eigenvalue weighted by molar-refractivity contribution is 5.98. The maximum Gasteiger partial charge on any atom is 0.150 e. The molecule has 18 heavy (non-hydrogen) atoms. The van der Waals surface area contributed by atoms with E-state index in [1.807, 2.05) is 36.4 Å². The van der Waals surface area contributed by atoms with Crippen LogP contribution in [0.2, 0.25) is 0 Å². The van der Waals surface area contributed by atoms with Gasteiger partial charge >= 0.3 is 0 Å². The second-order valence-electron chi connectivity index (χ2n) is 4.12. The van der Waals surface area contributed by atoms with E-state index < -0.39 is 0 Å². The zero-order valence-electron chi connectivity index (χ0n) is 9.71. The molecule has 0 unspecified atom stereocenters. The summed E-state index contributed by atoms with van der Waals surface area (Å²) in [7, 11) is 0. The fraction of sp³-hybridized carbons (Fsp3) is 0. The Hall–Kier alpha value is -2.48. The first-order valence-electron chi connectivity index (χ1n) is 5.78. The normalized spacial score (nSPS) is 10.4. The molecule has 86 valence electrons. The molecule has 0 aliphatic carbocycles. The first-order valence-corrected chi connectivity index (χ1v) is 5.78. The number of hydrogen-bond acceptors (Lipinski definition) is 2. The number of aromatic nitrogens is 1. The smallest absolute Gasteiger partial charge is 0.150 e. The molecule has 2 aromatic carbocycles. The van der Waals surface area contributed by atoms with Gasteiger partial charge in [0.15, 0.2) is 6.29 Å². The molecule has 2 nitrogen and oxygen atoms in total. The van der Waals surface area contributed by atoms with E-state index in [1.54, 1.807) is 12.3 Å². The molecule has 0 spiro atoms. The van der Waals surface area contributed by atoms with Gasteiger partial charge in [-0.15, -0.1) is 0 Å². The van der Waals surface area contributed by atoms with Crippen molar-refractivity contribution < 1.29 is 4.79 Å². The lowest BCUT2D eigenvalue weighted by atomic mass is 10.0. The monoisotopic (exact) mass is 233 g/mol. The van der Waals surface area contributed by atoms with Crippen LogP contribution < -0.4 is 0 Å². The largest absolute Gasteiger partial charge is 0.298 e. The summed E-state index contributed by atoms with van der Waals surface area (Å²) in [6, 6.07) is 17.8. The summed E-state index contributed by atoms with van der Waals surface area (Å²) in [5.41, 5.74) is 3.76. The maximum atomic E-state index is 11.0. The van der Waals surface area contributed by atoms with E-state index in [0.717, 1.165) is 28.3 Å². The summed E-state index contributed by atoms with van der Waals surface area (Å²) < 4.78 is 0. The molecule has 0 aliphatic rings. The van der Waals surface area contributed by atoms with Gasteiger partial charge in [0.1, 0.15) is 0 Å². The predicted molar refractivity (Wildman–Crippen MR) is 72.6 cm³/mol. The molecular formula is C16H11NO. The average Bonchev–Trinajstić information content (AvgIpc) is 2.47. The van der Waals surface area contributed by atoms with Gasteiger partial charge in [0.2, 0.25) is 0 Å². The molecule has 3 rings (SSSR count). The Morgan fingerprint density at radius 1 is 0.889 bits per heavy atom. The molecule has 0 bridgehead atoms. The number of pyridine rings is 1. The molecule has 0 radical (unpaired) electrons. The SMILES string of the molecule is O=Cc1ccnc2ccc(-c3ccccc3)cc12. The minimum Gasteiger partial charge on any atom is -0.298 e. The highest BCUT2D eigenvalue weighted by Crippen LogP contribution is 2.24. The van der Waals surface area contributed by atoms with Gasteiger partial charge in [-0.2, -0.15) is 0 Å². The average molecular weight is 233 g/mol. The molecule has 0 amide bonds. The molecule has 0 atom stereocenters. The lowest BCUT2D eigenvalue weighted by Gasteiger charge is -2.05. The van der Waals surface area contributed by atoms with Crippen LogP contribution in [0.25, 0.3) is 22.0 Å². The van der Waals surface area contributed by atoms with Crippen LogP contribution in [0.5, 0.6) is 0 Å². The number of carbonyl (C=O) groups excluding carboxylic acids is 1. The lowest BCUT2D eigenvalue weighted by molar-refractivity contribution is 0.112. The predicted octanol–water partition coefficient (Wildman–Crippen LogP) is 3.71. The van der Waals surface area contributed by atoms with Gasteiger partial charge in [0.05, 0.1) is 5.52 Å². The second-order valence-corrected chi connectivity index (χ2v) is 4.12. The molecule has 0 saturated heterocycles. The molecule has 1 heterocycles. The van der Waals surface area contributed by atoms with Crippen molar-refractivity contribution in [2.45, 2.75) is 0 Å². The van der Waals surface area contributed by atoms with Gasteiger partial charge in [0.25, 0.3) is 0 Å². The zero-order valence-corrected chi connectivity index (χ0v) is 9.71. The van der Waals surface area contributed by atoms with Crippen molar-refractivity contribution in [2.75, 3.05) is 0 Å². The van der Waals surface area contributed by atoms with Crippen LogP contribution in [-0.4, -0.2) is 11.3 Å². The first kappa shape index (κ1) is 10.7. The molecule has 1 aromatic heterocycles. The number of rotatable bonds is 2. The number of benzene rings is 2. The quantitative estimate of drug-likeness (QED) is 0.631. The minimum absolute atomic E-state index is 0.679. The van der Waals surface area contributed by atoms with Crippen LogP contribution >= 0.6 is 0 Å². The van der Waals surface area contributed by atoms with Crippen molar-refractivity contribution in [3.8, 4) is 11.1 Å². The number of aldehydes is 1. The zero-order chi connectivity index (χ0) is 12.4. The van der Waals surface area contributed by atoms with Crippen molar-refractivity contribution in [1.82, 2.24) is 4.98 Å². The Balaban J connectivity index is 2.25. The van der Waals surface area contributed by atoms with Crippen molar-refractivity contribution in [3.05, 3.63) is 66.4 Å². The number of fused-ring (bicyclic) bond motifs is 1. The van der Waals surface area contributed by atoms with Crippen molar-refractivity contribution in [3.63, 3.8) is 0 Å². The summed E-state index contributed by atoms with van der Waals surface area (Å²) >= 11 is 0. The van der Waals surface area contributed by atoms with Crippen molar-refractivity contribution in [1.29, 1.82) is 0 Å². The van der Waals surface area contributed by atoms with Crippen molar-refractivity contribution >= 4 is 17.2 Å². The summed E-state index contributed by atoms with van der Waals surface area (Å²) in [6.07, 6.45) is 2.53. The molecule has 0 fully saturated rings. The van der Waals surface area contributed by atoms with Gasteiger partial charge in [-0.1, -0.05) is 36.4 Å². The Bertz CT molecular complexity index is 705. The van der Waals surface area contributed by atoms with Crippen molar-refractivity contribution in [2.24, 2.45) is 0 Å². The number of nitrogens with zero attached hydrogens (tertiary/aromatic N) is 1. The standard InChI is InChI=1S/C16H11NO/c18-11-14-8-9-17-16-7-6-13(10-15(14)16)12-4-2-1-3-5-12/h1-11H. The molecule has 0 N–H and O–H groups in total. The van der Waals surface area contributed by atoms with Gasteiger partial charge in [0, 0.05) is 17.1 Å². The summed E-state index contributed by atoms with van der Waals surface area (Å²) in [5, 5.41) is 0.897. The third kappa shape index (κ3) is 1.78. The highest BCUT2D eigenvalue weighted by Gasteiger charge is 2.03. The van der Waals surface area contributed by atoms with Crippen LogP contribution in [0.1, 0.15) is 10.4 Å². The topological polar surface area (TPSA) is 30.0 Å². The fourth-order valence-electron chi connectivity index (χ4n) is 2.08. The maximum absolute atomic E-state index is 11.0. The summed E-state index contributed by atoms with van der Waals surface area (Å²) in [5.74, 6) is 0. The van der Waals surface area contributed by atoms with Gasteiger partial charge in [-0.3, -0.25) is 9.78 Å². The second kappa shape index (κ2) is 4.41. The van der Waals surface area contributed by atoms with E-state index >= 15 is 0 Å². The highest BCUT2D eigenvalue weighted by atomic mass is 16.1. The first-order chi connectivity index (χ1) is 8.88. The van der Waals surface area contributed by atoms with E-state index in [1.165, 1.54) is 0 Å². The van der Waals surface area contributed by atoms with Crippen LogP contribution in [0.3, 0.4) is 0 Å². The van der Waals surface area contributed by atoms with Gasteiger partial charge < -0.3 is 0 Å². The molecule has 3 aromatic rings. The van der Waals surface area contributed by atoms with Crippen LogP contribution in [0, 0.1) is 0 Å². The third-order valence-electron chi connectivity index (χ3n) is 3.01. The minimum atomic E-state index is 0.679. The third-order valence-corrected chi connectivity index (χ3v) is 3.01. The summed E-state index contributed by atoms with van der Waals surface area (Å²) in [4.78, 5) is 15.3. The van der Waals surface area contributed by atoms with E-state index in [0.29, 0.717) is 5.56 Å². The van der Waals surface area contributed by atoms with Crippen LogP contribution in [-0.2, 0) is 0 Å². The molecule has 0 saturated carbocycles. The lowest BCUT2D eigenvalue weighted by Crippen LogP contribution is -1.87. The Morgan fingerprint density at radius 3 is 2.50 bits per heavy atom. The Labute approximate surface area is 105 Å². The Morgan fingerprint density at radius 2 is 1.72 bits per heavy atom. The summed E-state index contributed by atoms with van der Waals surface area (Å²) in [6.45, 7) is 0. The molecule has 0 aliphatic heterocycles. The number of hydrogen-bond donors (Lipinski definition) is 0. The Kier molecular flexibility index (Phi) is 2.61. The van der Waals surface area contributed by atoms with Crippen LogP contribution in [0.4, 0.5) is 0 Å². The molecular weight excluding hydrogens is 222 g/mol. The van der Waals surface area contributed by atoms with E-state index in [9.17, 15) is 4.79 Å². The van der Waals surface area contributed by atoms with Crippen LogP contribution in [0.15, 0.2) is 60.8 Å². The van der Waals surface area contributed by atoms with Gasteiger partial charge in [-0.05, 0) is 29.3 Å². The van der Waals surface area contributed by atoms with E-state index in [2.05, 4.69) is 17.1 Å². The van der Waals surface area contributed by atoms with E-state index in [4.69, 9.17) is 0 Å². The van der Waals surface area contributed by atoms with E-state index in [-0.39, 0.29) is 0 Å².